The predicted molar refractivity (Wildman–Crippen MR) is 61.1 cm³/mol. The maximum atomic E-state index is 12.0. The molecule has 0 saturated carbocycles. The molecule has 0 fully saturated rings. The summed E-state index contributed by atoms with van der Waals surface area (Å²) < 4.78 is 0.514. The third kappa shape index (κ3) is 1.60. The monoisotopic (exact) mass is 269 g/mol. The molecule has 0 spiro atoms. The van der Waals surface area contributed by atoms with Gasteiger partial charge in [0.2, 0.25) is 5.71 Å². The maximum Gasteiger partial charge on any atom is 0.295 e. The number of hydrogen-bond donors (Lipinski definition) is 0. The average Bonchev–Trinajstić information content (AvgIpc) is 2.12. The number of nitro groups is 1. The molecule has 0 aromatic heterocycles. The first kappa shape index (κ1) is 13.3. The first-order chi connectivity index (χ1) is 7.04. The topological polar surface area (TPSA) is 72.5 Å². The molecule has 0 N–H and O–H groups in total. The van der Waals surface area contributed by atoms with Crippen molar-refractivity contribution in [1.82, 2.24) is 5.01 Å². The van der Waals surface area contributed by atoms with Crippen molar-refractivity contribution < 1.29 is 9.77 Å². The Labute approximate surface area is 103 Å². The van der Waals surface area contributed by atoms with E-state index >= 15 is 0 Å². The van der Waals surface area contributed by atoms with Crippen molar-refractivity contribution in [3.8, 4) is 0 Å². The van der Waals surface area contributed by atoms with Crippen LogP contribution in [0.4, 0.5) is 0 Å². The zero-order chi connectivity index (χ0) is 12.9. The molecule has 0 amide bonds. The number of hydrogen-bond acceptors (Lipinski definition) is 3. The summed E-state index contributed by atoms with van der Waals surface area (Å²) in [4.78, 5) is 9.94. The molecule has 0 aliphatic carbocycles. The van der Waals surface area contributed by atoms with Crippen molar-refractivity contribution in [2.45, 2.75) is 43.7 Å². The Morgan fingerprint density at radius 1 is 1.38 bits per heavy atom. The van der Waals surface area contributed by atoms with Gasteiger partial charge in [0.05, 0.1) is 0 Å². The highest BCUT2D eigenvalue weighted by Gasteiger charge is 2.64. The van der Waals surface area contributed by atoms with Crippen molar-refractivity contribution in [2.24, 2.45) is 0 Å². The molecular formula is C8H13Cl2N3O3. The minimum atomic E-state index is -1.32. The molecule has 92 valence electrons. The summed E-state index contributed by atoms with van der Waals surface area (Å²) in [6, 6.07) is 0. The van der Waals surface area contributed by atoms with Crippen molar-refractivity contribution in [1.29, 1.82) is 0 Å². The second kappa shape index (κ2) is 3.63. The fourth-order valence-corrected chi connectivity index (χ4v) is 2.89. The van der Waals surface area contributed by atoms with Gasteiger partial charge in [-0.2, -0.15) is 4.74 Å². The van der Waals surface area contributed by atoms with Gasteiger partial charge in [-0.15, -0.1) is 0 Å². The number of hydroxylamine groups is 1. The number of rotatable bonds is 2. The molecule has 0 radical (unpaired) electrons. The number of alkyl halides is 2. The Kier molecular flexibility index (Phi) is 3.02. The molecule has 0 unspecified atom stereocenters. The zero-order valence-corrected chi connectivity index (χ0v) is 10.9. The van der Waals surface area contributed by atoms with Gasteiger partial charge in [-0.1, -0.05) is 23.2 Å². The van der Waals surface area contributed by atoms with Crippen LogP contribution in [0.3, 0.4) is 0 Å². The molecule has 16 heavy (non-hydrogen) atoms. The van der Waals surface area contributed by atoms with E-state index in [4.69, 9.17) is 23.2 Å². The van der Waals surface area contributed by atoms with Gasteiger partial charge in [-0.3, -0.25) is 0 Å². The van der Waals surface area contributed by atoms with E-state index in [0.717, 1.165) is 5.01 Å². The third-order valence-corrected chi connectivity index (χ3v) is 3.17. The molecular weight excluding hydrogens is 257 g/mol. The molecule has 1 rings (SSSR count). The quantitative estimate of drug-likeness (QED) is 0.252. The van der Waals surface area contributed by atoms with Gasteiger partial charge in [-0.25, -0.2) is 10.1 Å². The Bertz CT molecular complexity index is 366. The van der Waals surface area contributed by atoms with Crippen LogP contribution in [0.25, 0.3) is 0 Å². The average molecular weight is 270 g/mol. The van der Waals surface area contributed by atoms with Crippen molar-refractivity contribution in [2.75, 3.05) is 0 Å². The summed E-state index contributed by atoms with van der Waals surface area (Å²) in [7, 11) is 0. The molecule has 0 aromatic carbocycles. The standard InChI is InChI=1S/C8H13Cl2N3O3/c1-7(2)5(6(9)10)11(14)8(3,4)12(7)13(15)16/h6H,1-4H3. The smallest absolute Gasteiger partial charge is 0.295 e. The van der Waals surface area contributed by atoms with E-state index in [2.05, 4.69) is 0 Å². The number of halogens is 2. The van der Waals surface area contributed by atoms with Crippen LogP contribution in [-0.4, -0.2) is 36.5 Å². The van der Waals surface area contributed by atoms with Crippen LogP contribution in [0.2, 0.25) is 0 Å². The van der Waals surface area contributed by atoms with Gasteiger partial charge < -0.3 is 5.21 Å². The van der Waals surface area contributed by atoms with Crippen molar-refractivity contribution in [3.05, 3.63) is 15.3 Å². The molecule has 6 nitrogen and oxygen atoms in total. The van der Waals surface area contributed by atoms with Gasteiger partial charge in [0.15, 0.2) is 15.4 Å². The normalized spacial score (nSPS) is 23.1. The molecule has 0 bridgehead atoms. The SMILES string of the molecule is CC1(C)C(C(Cl)Cl)=[N+]([O-])C(C)(C)N1[N+](=O)[O-]. The lowest BCUT2D eigenvalue weighted by atomic mass is 9.99. The first-order valence-corrected chi connectivity index (χ1v) is 5.49. The summed E-state index contributed by atoms with van der Waals surface area (Å²) >= 11 is 11.4. The fourth-order valence-electron chi connectivity index (χ4n) is 2.18. The van der Waals surface area contributed by atoms with Crippen molar-refractivity contribution >= 4 is 28.9 Å². The Balaban J connectivity index is 3.41. The third-order valence-electron chi connectivity index (χ3n) is 2.76. The molecule has 0 saturated heterocycles. The van der Waals surface area contributed by atoms with E-state index in [1.54, 1.807) is 13.8 Å². The maximum absolute atomic E-state index is 12.0. The van der Waals surface area contributed by atoms with Crippen LogP contribution in [0.1, 0.15) is 27.7 Å². The van der Waals surface area contributed by atoms with Crippen LogP contribution in [0, 0.1) is 15.3 Å². The van der Waals surface area contributed by atoms with Crippen molar-refractivity contribution in [3.63, 3.8) is 0 Å². The summed E-state index contributed by atoms with van der Waals surface area (Å²) in [5.41, 5.74) is -2.36. The molecule has 0 aromatic rings. The van der Waals surface area contributed by atoms with E-state index in [1.165, 1.54) is 13.8 Å². The van der Waals surface area contributed by atoms with Gasteiger partial charge in [0.1, 0.15) is 0 Å². The van der Waals surface area contributed by atoms with Gasteiger partial charge >= 0.3 is 0 Å². The predicted octanol–water partition coefficient (Wildman–Crippen LogP) is 1.76. The lowest BCUT2D eigenvalue weighted by Crippen LogP contribution is -2.56. The minimum absolute atomic E-state index is 0.0810. The molecule has 1 heterocycles. The lowest BCUT2D eigenvalue weighted by Gasteiger charge is -2.28. The van der Waals surface area contributed by atoms with Gasteiger partial charge in [-0.05, 0) is 18.9 Å². The van der Waals surface area contributed by atoms with Gasteiger partial charge in [0, 0.05) is 13.8 Å². The summed E-state index contributed by atoms with van der Waals surface area (Å²) in [5, 5.41) is 23.2. The Hall–Kier alpha value is -0.750. The largest absolute Gasteiger partial charge is 0.622 e. The molecule has 1 aliphatic heterocycles. The highest BCUT2D eigenvalue weighted by Crippen LogP contribution is 2.36. The second-order valence-electron chi connectivity index (χ2n) is 4.58. The van der Waals surface area contributed by atoms with E-state index in [1.807, 2.05) is 0 Å². The number of nitrogens with zero attached hydrogens (tertiary/aromatic N) is 3. The summed E-state index contributed by atoms with van der Waals surface area (Å²) in [5.74, 6) is 0. The molecule has 8 heteroatoms. The Morgan fingerprint density at radius 2 is 1.81 bits per heavy atom. The van der Waals surface area contributed by atoms with Gasteiger partial charge in [0.25, 0.3) is 5.66 Å². The Morgan fingerprint density at radius 3 is 2.00 bits per heavy atom. The fraction of sp³-hybridized carbons (Fsp3) is 0.875. The van der Waals surface area contributed by atoms with Crippen LogP contribution in [-0.2, 0) is 0 Å². The molecule has 1 aliphatic rings. The lowest BCUT2D eigenvalue weighted by molar-refractivity contribution is -0.742. The van der Waals surface area contributed by atoms with Crippen LogP contribution < -0.4 is 0 Å². The van der Waals surface area contributed by atoms with Crippen LogP contribution in [0.5, 0.6) is 0 Å². The first-order valence-electron chi connectivity index (χ1n) is 4.62. The number of hydrazine groups is 1. The second-order valence-corrected chi connectivity index (χ2v) is 5.68. The van der Waals surface area contributed by atoms with E-state index in [0.29, 0.717) is 4.74 Å². The highest BCUT2D eigenvalue weighted by molar-refractivity contribution is 6.54. The van der Waals surface area contributed by atoms with E-state index in [-0.39, 0.29) is 5.71 Å². The zero-order valence-electron chi connectivity index (χ0n) is 9.40. The van der Waals surface area contributed by atoms with Crippen LogP contribution >= 0.6 is 23.2 Å². The molecule has 0 atom stereocenters. The van der Waals surface area contributed by atoms with E-state index in [9.17, 15) is 15.3 Å². The summed E-state index contributed by atoms with van der Waals surface area (Å²) in [6.07, 6.45) is 0. The van der Waals surface area contributed by atoms with Crippen LogP contribution in [0.15, 0.2) is 0 Å². The highest BCUT2D eigenvalue weighted by atomic mass is 35.5. The summed E-state index contributed by atoms with van der Waals surface area (Å²) in [6.45, 7) is 5.99. The minimum Gasteiger partial charge on any atom is -0.622 e. The van der Waals surface area contributed by atoms with E-state index < -0.39 is 21.1 Å².